The molecule has 1 atom stereocenters. The van der Waals surface area contributed by atoms with Gasteiger partial charge in [-0.15, -0.1) is 0 Å². The van der Waals surface area contributed by atoms with Gasteiger partial charge in [0.25, 0.3) is 0 Å². The van der Waals surface area contributed by atoms with Crippen molar-refractivity contribution in [3.8, 4) is 5.75 Å². The fourth-order valence-electron chi connectivity index (χ4n) is 4.10. The Morgan fingerprint density at radius 1 is 1.23 bits per heavy atom. The average molecular weight is 412 g/mol. The average Bonchev–Trinajstić information content (AvgIpc) is 3.46. The molecule has 8 nitrogen and oxygen atoms in total. The highest BCUT2D eigenvalue weighted by atomic mass is 16.5. The fraction of sp³-hybridized carbons (Fsp3) is 0.500. The number of nitrogens with one attached hydrogen (secondary N) is 1. The van der Waals surface area contributed by atoms with Gasteiger partial charge in [-0.1, -0.05) is 12.1 Å². The van der Waals surface area contributed by atoms with Crippen LogP contribution in [0.15, 0.2) is 36.5 Å². The molecule has 30 heavy (non-hydrogen) atoms. The van der Waals surface area contributed by atoms with Crippen LogP contribution in [0.3, 0.4) is 0 Å². The molecule has 2 amide bonds. The molecule has 2 aliphatic rings. The third kappa shape index (κ3) is 4.64. The maximum atomic E-state index is 12.7. The lowest BCUT2D eigenvalue weighted by atomic mass is 10.0. The van der Waals surface area contributed by atoms with E-state index in [1.807, 2.05) is 39.9 Å². The summed E-state index contributed by atoms with van der Waals surface area (Å²) in [5, 5.41) is 7.43. The number of ether oxygens (including phenoxy) is 2. The maximum absolute atomic E-state index is 12.7. The van der Waals surface area contributed by atoms with Crippen molar-refractivity contribution in [3.63, 3.8) is 0 Å². The van der Waals surface area contributed by atoms with Gasteiger partial charge in [0.15, 0.2) is 0 Å². The van der Waals surface area contributed by atoms with E-state index < -0.39 is 0 Å². The van der Waals surface area contributed by atoms with Gasteiger partial charge in [-0.25, -0.2) is 4.68 Å². The van der Waals surface area contributed by atoms with E-state index in [1.165, 1.54) is 0 Å². The quantitative estimate of drug-likeness (QED) is 0.787. The van der Waals surface area contributed by atoms with Crippen molar-refractivity contribution < 1.29 is 19.1 Å². The Hall–Kier alpha value is -2.87. The Morgan fingerprint density at radius 2 is 2.07 bits per heavy atom. The molecule has 1 aromatic carbocycles. The van der Waals surface area contributed by atoms with E-state index in [2.05, 4.69) is 10.4 Å². The zero-order valence-electron chi connectivity index (χ0n) is 17.3. The molecule has 0 aliphatic carbocycles. The number of methoxy groups -OCH3 is 1. The Morgan fingerprint density at radius 3 is 2.80 bits per heavy atom. The summed E-state index contributed by atoms with van der Waals surface area (Å²) in [6, 6.07) is 9.61. The van der Waals surface area contributed by atoms with Crippen LogP contribution in [-0.2, 0) is 20.7 Å². The second-order valence-corrected chi connectivity index (χ2v) is 7.85. The number of aromatic nitrogens is 2. The van der Waals surface area contributed by atoms with E-state index in [4.69, 9.17) is 9.47 Å². The molecule has 3 heterocycles. The first-order valence-corrected chi connectivity index (χ1v) is 10.5. The Balaban J connectivity index is 1.32. The molecule has 2 fully saturated rings. The molecular weight excluding hydrogens is 384 g/mol. The topological polar surface area (TPSA) is 85.7 Å². The van der Waals surface area contributed by atoms with Crippen molar-refractivity contribution in [3.05, 3.63) is 42.1 Å². The highest BCUT2D eigenvalue weighted by Gasteiger charge is 2.28. The number of benzene rings is 1. The van der Waals surface area contributed by atoms with E-state index in [0.29, 0.717) is 38.5 Å². The number of carbonyl (C=O) groups is 2. The molecule has 0 radical (unpaired) electrons. The van der Waals surface area contributed by atoms with Crippen LogP contribution in [0.2, 0.25) is 0 Å². The molecule has 8 heteroatoms. The van der Waals surface area contributed by atoms with Crippen LogP contribution in [0.5, 0.6) is 5.75 Å². The number of nitrogens with zero attached hydrogens (tertiary/aromatic N) is 3. The normalized spacial score (nSPS) is 19.6. The van der Waals surface area contributed by atoms with Gasteiger partial charge in [0, 0.05) is 25.8 Å². The molecule has 160 valence electrons. The Kier molecular flexibility index (Phi) is 6.32. The molecule has 0 bridgehead atoms. The zero-order chi connectivity index (χ0) is 20.9. The van der Waals surface area contributed by atoms with Crippen molar-refractivity contribution in [2.24, 2.45) is 5.92 Å². The first-order chi connectivity index (χ1) is 14.6. The lowest BCUT2D eigenvalue weighted by Gasteiger charge is -2.33. The third-order valence-electron chi connectivity index (χ3n) is 5.87. The van der Waals surface area contributed by atoms with Crippen LogP contribution in [0.1, 0.15) is 30.9 Å². The number of anilines is 1. The summed E-state index contributed by atoms with van der Waals surface area (Å²) >= 11 is 0. The van der Waals surface area contributed by atoms with Crippen molar-refractivity contribution in [2.75, 3.05) is 38.7 Å². The van der Waals surface area contributed by atoms with E-state index >= 15 is 0 Å². The lowest BCUT2D eigenvalue weighted by molar-refractivity contribution is -0.131. The number of hydrogen-bond donors (Lipinski definition) is 1. The summed E-state index contributed by atoms with van der Waals surface area (Å²) < 4.78 is 12.4. The molecule has 4 rings (SSSR count). The van der Waals surface area contributed by atoms with Crippen LogP contribution < -0.4 is 10.1 Å². The lowest BCUT2D eigenvalue weighted by Crippen LogP contribution is -2.40. The monoisotopic (exact) mass is 412 g/mol. The van der Waals surface area contributed by atoms with Gasteiger partial charge in [-0.05, 0) is 37.0 Å². The molecule has 0 unspecified atom stereocenters. The predicted molar refractivity (Wildman–Crippen MR) is 111 cm³/mol. The molecule has 2 aromatic rings. The van der Waals surface area contributed by atoms with Gasteiger partial charge in [0.05, 0.1) is 38.3 Å². The van der Waals surface area contributed by atoms with Gasteiger partial charge in [0.2, 0.25) is 11.8 Å². The van der Waals surface area contributed by atoms with Gasteiger partial charge in [-0.3, -0.25) is 9.59 Å². The molecular formula is C22H28N4O4. The van der Waals surface area contributed by atoms with Crippen LogP contribution in [0.4, 0.5) is 5.82 Å². The molecule has 1 aromatic heterocycles. The third-order valence-corrected chi connectivity index (χ3v) is 5.87. The summed E-state index contributed by atoms with van der Waals surface area (Å²) in [7, 11) is 1.62. The molecule has 0 spiro atoms. The first kappa shape index (κ1) is 20.4. The van der Waals surface area contributed by atoms with Crippen LogP contribution in [0, 0.1) is 5.92 Å². The standard InChI is InChI=1S/C22H28N4O4/c1-29-19-4-2-3-16(13-19)14-21(27)25-10-6-18(7-11-25)26-20(5-9-23-26)24-22(28)17-8-12-30-15-17/h2-5,9,13,17-18H,6-8,10-12,14-15H2,1H3,(H,24,28)/t17-/m1/s1. The summed E-state index contributed by atoms with van der Waals surface area (Å²) in [5.74, 6) is 1.49. The van der Waals surface area contributed by atoms with Crippen molar-refractivity contribution in [1.82, 2.24) is 14.7 Å². The highest BCUT2D eigenvalue weighted by molar-refractivity contribution is 5.92. The molecule has 1 N–H and O–H groups in total. The van der Waals surface area contributed by atoms with E-state index in [0.717, 1.165) is 30.6 Å². The largest absolute Gasteiger partial charge is 0.497 e. The number of amides is 2. The SMILES string of the molecule is COc1cccc(CC(=O)N2CCC(n3nccc3NC(=O)[C@@H]3CCOC3)CC2)c1. The number of piperidine rings is 1. The van der Waals surface area contributed by atoms with E-state index in [9.17, 15) is 9.59 Å². The van der Waals surface area contributed by atoms with Crippen molar-refractivity contribution in [1.29, 1.82) is 0 Å². The minimum absolute atomic E-state index is 0.0137. The highest BCUT2D eigenvalue weighted by Crippen LogP contribution is 2.26. The van der Waals surface area contributed by atoms with Gasteiger partial charge >= 0.3 is 0 Å². The van der Waals surface area contributed by atoms with Crippen LogP contribution in [-0.4, -0.2) is 59.9 Å². The Labute approximate surface area is 176 Å². The van der Waals surface area contributed by atoms with Crippen LogP contribution in [0.25, 0.3) is 0 Å². The number of likely N-dealkylation sites (tertiary alicyclic amines) is 1. The van der Waals surface area contributed by atoms with Crippen LogP contribution >= 0.6 is 0 Å². The maximum Gasteiger partial charge on any atom is 0.231 e. The number of rotatable bonds is 6. The molecule has 0 saturated carbocycles. The summed E-state index contributed by atoms with van der Waals surface area (Å²) in [6.45, 7) is 2.47. The summed E-state index contributed by atoms with van der Waals surface area (Å²) in [5.41, 5.74) is 0.953. The number of carbonyl (C=O) groups excluding carboxylic acids is 2. The number of hydrogen-bond acceptors (Lipinski definition) is 5. The minimum atomic E-state index is -0.0931. The summed E-state index contributed by atoms with van der Waals surface area (Å²) in [6.07, 6.45) is 4.45. The fourth-order valence-corrected chi connectivity index (χ4v) is 4.10. The molecule has 2 saturated heterocycles. The minimum Gasteiger partial charge on any atom is -0.497 e. The first-order valence-electron chi connectivity index (χ1n) is 10.5. The predicted octanol–water partition coefficient (Wildman–Crippen LogP) is 2.27. The smallest absolute Gasteiger partial charge is 0.231 e. The van der Waals surface area contributed by atoms with Crippen molar-refractivity contribution >= 4 is 17.6 Å². The van der Waals surface area contributed by atoms with Gasteiger partial charge < -0.3 is 19.7 Å². The second-order valence-electron chi connectivity index (χ2n) is 7.85. The van der Waals surface area contributed by atoms with E-state index in [1.54, 1.807) is 13.3 Å². The molecule has 2 aliphatic heterocycles. The van der Waals surface area contributed by atoms with E-state index in [-0.39, 0.29) is 23.8 Å². The van der Waals surface area contributed by atoms with Gasteiger partial charge in [-0.2, -0.15) is 5.10 Å². The Bertz CT molecular complexity index is 883. The second kappa shape index (κ2) is 9.30. The van der Waals surface area contributed by atoms with Gasteiger partial charge in [0.1, 0.15) is 11.6 Å². The van der Waals surface area contributed by atoms with Crippen molar-refractivity contribution in [2.45, 2.75) is 31.7 Å². The zero-order valence-corrected chi connectivity index (χ0v) is 17.3. The summed E-state index contributed by atoms with van der Waals surface area (Å²) in [4.78, 5) is 27.0.